The van der Waals surface area contributed by atoms with E-state index in [-0.39, 0.29) is 39.5 Å². The number of fused-ring (bicyclic) bond motifs is 1. The van der Waals surface area contributed by atoms with E-state index in [0.29, 0.717) is 48.8 Å². The number of aryl methyl sites for hydroxylation is 1. The van der Waals surface area contributed by atoms with Gasteiger partial charge < -0.3 is 29.5 Å². The van der Waals surface area contributed by atoms with Gasteiger partial charge in [0.15, 0.2) is 8.32 Å². The van der Waals surface area contributed by atoms with Crippen LogP contribution in [-0.2, 0) is 23.6 Å². The van der Waals surface area contributed by atoms with Gasteiger partial charge in [-0.1, -0.05) is 32.4 Å². The summed E-state index contributed by atoms with van der Waals surface area (Å²) in [4.78, 5) is 29.0. The van der Waals surface area contributed by atoms with Gasteiger partial charge in [0.1, 0.15) is 17.1 Å². The molecule has 2 aliphatic carbocycles. The Hall–Kier alpha value is -3.13. The summed E-state index contributed by atoms with van der Waals surface area (Å²) in [6.45, 7) is 11.4. The molecule has 2 aromatic heterocycles. The summed E-state index contributed by atoms with van der Waals surface area (Å²) in [6.07, 6.45) is 3.91. The van der Waals surface area contributed by atoms with Gasteiger partial charge in [-0.15, -0.1) is 0 Å². The van der Waals surface area contributed by atoms with Crippen molar-refractivity contribution in [1.82, 2.24) is 19.3 Å². The summed E-state index contributed by atoms with van der Waals surface area (Å²) >= 11 is 5.89. The van der Waals surface area contributed by atoms with Crippen LogP contribution in [0.25, 0.3) is 0 Å². The van der Waals surface area contributed by atoms with Crippen LogP contribution in [0.1, 0.15) is 74.2 Å². The van der Waals surface area contributed by atoms with Crippen LogP contribution in [0.15, 0.2) is 30.6 Å². The van der Waals surface area contributed by atoms with Crippen molar-refractivity contribution in [3.63, 3.8) is 0 Å². The van der Waals surface area contributed by atoms with E-state index in [1.54, 1.807) is 22.6 Å². The zero-order valence-electron chi connectivity index (χ0n) is 25.9. The Kier molecular flexibility index (Phi) is 8.55. The average Bonchev–Trinajstić information content (AvgIpc) is 3.67. The molecule has 2 atom stereocenters. The summed E-state index contributed by atoms with van der Waals surface area (Å²) in [5.41, 5.74) is 0.665. The van der Waals surface area contributed by atoms with Crippen LogP contribution in [-0.4, -0.2) is 50.2 Å². The standard InChI is InChI=1S/C30H40ClFN6O5Si/c1-29(2,3)44(5,6)43-10-9-37-24(14-25(35-37)38(41)42)30(40)15-19-11-18(12-20(19)16-30)26-27(36(4)17-33-26)28(39)34-21-7-8-23(32)22(31)13-21/h7-8,13-14,17-20,40H,9-12,15-16H2,1-6H3,(H,34,39). The Bertz CT molecular complexity index is 1570. The molecule has 0 bridgehead atoms. The number of amides is 1. The highest BCUT2D eigenvalue weighted by Crippen LogP contribution is 2.57. The van der Waals surface area contributed by atoms with E-state index in [0.717, 1.165) is 12.8 Å². The third kappa shape index (κ3) is 6.19. The molecule has 11 nitrogen and oxygen atoms in total. The van der Waals surface area contributed by atoms with Gasteiger partial charge >= 0.3 is 5.82 Å². The molecule has 2 aliphatic rings. The van der Waals surface area contributed by atoms with Gasteiger partial charge in [-0.05, 0) is 78.8 Å². The number of hydrogen-bond donors (Lipinski definition) is 2. The van der Waals surface area contributed by atoms with Gasteiger partial charge in [-0.3, -0.25) is 4.79 Å². The van der Waals surface area contributed by atoms with Crippen LogP contribution in [0.5, 0.6) is 0 Å². The number of halogens is 2. The fourth-order valence-corrected chi connectivity index (χ4v) is 7.74. The lowest BCUT2D eigenvalue weighted by molar-refractivity contribution is -0.389. The predicted octanol–water partition coefficient (Wildman–Crippen LogP) is 6.38. The quantitative estimate of drug-likeness (QED) is 0.156. The summed E-state index contributed by atoms with van der Waals surface area (Å²) in [6, 6.07) is 5.40. The normalized spacial score (nSPS) is 23.6. The molecule has 0 spiro atoms. The number of rotatable bonds is 9. The first-order chi connectivity index (χ1) is 20.5. The third-order valence-electron chi connectivity index (χ3n) is 9.79. The molecule has 1 aromatic carbocycles. The number of aliphatic hydroxyl groups is 1. The van der Waals surface area contributed by atoms with E-state index in [1.807, 2.05) is 0 Å². The van der Waals surface area contributed by atoms with Crippen molar-refractivity contribution in [3.05, 3.63) is 68.6 Å². The summed E-state index contributed by atoms with van der Waals surface area (Å²) < 4.78 is 23.1. The number of imidazole rings is 1. The molecule has 5 rings (SSSR count). The summed E-state index contributed by atoms with van der Waals surface area (Å²) in [5, 5.41) is 30.5. The van der Waals surface area contributed by atoms with E-state index in [1.165, 1.54) is 24.3 Å². The van der Waals surface area contributed by atoms with Gasteiger partial charge in [0, 0.05) is 18.7 Å². The largest absolute Gasteiger partial charge is 0.415 e. The van der Waals surface area contributed by atoms with Crippen molar-refractivity contribution in [3.8, 4) is 0 Å². The fraction of sp³-hybridized carbons (Fsp3) is 0.567. The number of benzene rings is 1. The van der Waals surface area contributed by atoms with Crippen molar-refractivity contribution in [1.29, 1.82) is 0 Å². The third-order valence-corrected chi connectivity index (χ3v) is 14.6. The second kappa shape index (κ2) is 11.7. The van der Waals surface area contributed by atoms with Crippen LogP contribution in [0.3, 0.4) is 0 Å². The van der Waals surface area contributed by atoms with Gasteiger partial charge in [0.2, 0.25) is 0 Å². The molecule has 2 heterocycles. The Labute approximate surface area is 262 Å². The lowest BCUT2D eigenvalue weighted by Gasteiger charge is -2.36. The number of aromatic nitrogens is 4. The predicted molar refractivity (Wildman–Crippen MR) is 167 cm³/mol. The zero-order chi connectivity index (χ0) is 32.2. The maximum Gasteiger partial charge on any atom is 0.390 e. The summed E-state index contributed by atoms with van der Waals surface area (Å²) in [7, 11) is -0.282. The van der Waals surface area contributed by atoms with Crippen molar-refractivity contribution in [2.45, 2.75) is 82.7 Å². The Morgan fingerprint density at radius 1 is 1.27 bits per heavy atom. The molecule has 0 aliphatic heterocycles. The number of nitrogens with zero attached hydrogens (tertiary/aromatic N) is 5. The van der Waals surface area contributed by atoms with E-state index in [2.05, 4.69) is 49.3 Å². The smallest absolute Gasteiger partial charge is 0.390 e. The number of nitro groups is 1. The minimum absolute atomic E-state index is 0.00513. The van der Waals surface area contributed by atoms with Gasteiger partial charge in [0.05, 0.1) is 47.1 Å². The Balaban J connectivity index is 1.30. The highest BCUT2D eigenvalue weighted by molar-refractivity contribution is 6.74. The molecule has 44 heavy (non-hydrogen) atoms. The first-order valence-corrected chi connectivity index (χ1v) is 18.1. The number of carbonyl (C=O) groups is 1. The lowest BCUT2D eigenvalue weighted by atomic mass is 9.90. The molecular formula is C30H40ClFN6O5Si. The molecule has 0 saturated heterocycles. The number of carbonyl (C=O) groups excluding carboxylic acids is 1. The second-order valence-corrected chi connectivity index (χ2v) is 19.0. The number of anilines is 1. The van der Waals surface area contributed by atoms with E-state index in [9.17, 15) is 24.4 Å². The highest BCUT2D eigenvalue weighted by atomic mass is 35.5. The molecule has 2 unspecified atom stereocenters. The molecule has 3 aromatic rings. The number of hydrogen-bond acceptors (Lipinski definition) is 7. The average molecular weight is 647 g/mol. The van der Waals surface area contributed by atoms with Gasteiger partial charge in [0.25, 0.3) is 5.91 Å². The monoisotopic (exact) mass is 646 g/mol. The van der Waals surface area contributed by atoms with Crippen molar-refractivity contribution >= 4 is 37.3 Å². The van der Waals surface area contributed by atoms with Crippen molar-refractivity contribution in [2.24, 2.45) is 18.9 Å². The van der Waals surface area contributed by atoms with Crippen LogP contribution in [0.2, 0.25) is 23.2 Å². The highest BCUT2D eigenvalue weighted by Gasteiger charge is 2.52. The molecule has 1 amide bonds. The Morgan fingerprint density at radius 2 is 1.93 bits per heavy atom. The van der Waals surface area contributed by atoms with Crippen molar-refractivity contribution in [2.75, 3.05) is 11.9 Å². The van der Waals surface area contributed by atoms with Crippen molar-refractivity contribution < 1.29 is 23.6 Å². The second-order valence-electron chi connectivity index (χ2n) is 13.8. The minimum Gasteiger partial charge on any atom is -0.415 e. The van der Waals surface area contributed by atoms with Gasteiger partial charge in [-0.25, -0.2) is 9.37 Å². The van der Waals surface area contributed by atoms with Gasteiger partial charge in [-0.2, -0.15) is 4.68 Å². The molecule has 2 saturated carbocycles. The van der Waals surface area contributed by atoms with Crippen LogP contribution < -0.4 is 5.32 Å². The SMILES string of the molecule is Cn1cnc(C2CC3CC(O)(c4cc([N+](=O)[O-])nn4CCO[Si](C)(C)C(C)(C)C)CC3C2)c1C(=O)Nc1ccc(F)c(Cl)c1. The topological polar surface area (TPSA) is 137 Å². The first-order valence-electron chi connectivity index (χ1n) is 14.9. The maximum atomic E-state index is 13.6. The lowest BCUT2D eigenvalue weighted by Crippen LogP contribution is -2.41. The first kappa shape index (κ1) is 32.3. The zero-order valence-corrected chi connectivity index (χ0v) is 27.7. The Morgan fingerprint density at radius 3 is 2.52 bits per heavy atom. The van der Waals surface area contributed by atoms with E-state index < -0.39 is 24.7 Å². The van der Waals surface area contributed by atoms with Crippen LogP contribution >= 0.6 is 11.6 Å². The fourth-order valence-electron chi connectivity index (χ4n) is 6.52. The molecule has 2 fully saturated rings. The number of nitrogens with one attached hydrogen (secondary N) is 1. The summed E-state index contributed by atoms with van der Waals surface area (Å²) in [5.74, 6) is -0.935. The van der Waals surface area contributed by atoms with E-state index in [4.69, 9.17) is 16.0 Å². The molecule has 2 N–H and O–H groups in total. The molecular weight excluding hydrogens is 607 g/mol. The minimum atomic E-state index is -2.03. The van der Waals surface area contributed by atoms with Crippen LogP contribution in [0, 0.1) is 27.8 Å². The molecule has 0 radical (unpaired) electrons. The van der Waals surface area contributed by atoms with E-state index >= 15 is 0 Å². The molecule has 14 heteroatoms. The molecule has 238 valence electrons. The maximum absolute atomic E-state index is 13.6. The van der Waals surface area contributed by atoms with Crippen LogP contribution in [0.4, 0.5) is 15.9 Å².